The zero-order valence-corrected chi connectivity index (χ0v) is 15.6. The number of pyridine rings is 1. The number of rotatable bonds is 4. The fourth-order valence-corrected chi connectivity index (χ4v) is 3.89. The number of sulfone groups is 1. The van der Waals surface area contributed by atoms with Crippen LogP contribution in [0.5, 0.6) is 0 Å². The van der Waals surface area contributed by atoms with Gasteiger partial charge in [0.05, 0.1) is 29.3 Å². The highest BCUT2D eigenvalue weighted by molar-refractivity contribution is 7.91. The van der Waals surface area contributed by atoms with Crippen molar-refractivity contribution in [2.45, 2.75) is 24.0 Å². The average Bonchev–Trinajstić information content (AvgIpc) is 3.14. The first kappa shape index (κ1) is 20.2. The number of halogens is 5. The van der Waals surface area contributed by atoms with Crippen LogP contribution in [0.15, 0.2) is 23.6 Å². The summed E-state index contributed by atoms with van der Waals surface area (Å²) in [6.45, 7) is 1.44. The molecule has 0 spiro atoms. The van der Waals surface area contributed by atoms with Crippen molar-refractivity contribution < 1.29 is 30.4 Å². The van der Waals surface area contributed by atoms with Crippen molar-refractivity contribution in [3.63, 3.8) is 0 Å². The maximum absolute atomic E-state index is 13.6. The van der Waals surface area contributed by atoms with Gasteiger partial charge in [0.2, 0.25) is 0 Å². The van der Waals surface area contributed by atoms with Crippen LogP contribution in [0, 0.1) is 0 Å². The predicted molar refractivity (Wildman–Crippen MR) is 88.4 cm³/mol. The zero-order valence-electron chi connectivity index (χ0n) is 14.8. The summed E-state index contributed by atoms with van der Waals surface area (Å²) in [5, 5.41) is -0.137. The molecule has 0 radical (unpaired) electrons. The van der Waals surface area contributed by atoms with Crippen molar-refractivity contribution in [3.05, 3.63) is 24.3 Å². The van der Waals surface area contributed by atoms with Crippen molar-refractivity contribution in [1.29, 1.82) is 0 Å². The standard InChI is InChI=1S/C15H14F5N5O2S/c1-4-28(26,27)13-11(22-7-24(13)2)12-23-8-5-10(14(16,17)15(18,19)20)21-6-9(8)25(12)3/h5-7H,4H2,1-3H3. The Kier molecular flexibility index (Phi) is 4.48. The van der Waals surface area contributed by atoms with E-state index < -0.39 is 27.6 Å². The van der Waals surface area contributed by atoms with E-state index >= 15 is 0 Å². The van der Waals surface area contributed by atoms with Crippen molar-refractivity contribution >= 4 is 20.9 Å². The number of hydrogen-bond acceptors (Lipinski definition) is 5. The molecule has 0 fully saturated rings. The molecule has 0 aliphatic rings. The summed E-state index contributed by atoms with van der Waals surface area (Å²) in [5.74, 6) is -5.37. The first-order valence-corrected chi connectivity index (χ1v) is 9.48. The molecule has 0 atom stereocenters. The third-order valence-corrected chi connectivity index (χ3v) is 6.04. The van der Waals surface area contributed by atoms with E-state index in [9.17, 15) is 30.4 Å². The molecule has 0 N–H and O–H groups in total. The van der Waals surface area contributed by atoms with Crippen LogP contribution in [0.2, 0.25) is 0 Å². The molecule has 3 aromatic rings. The predicted octanol–water partition coefficient (Wildman–Crippen LogP) is 2.82. The number of fused-ring (bicyclic) bond motifs is 1. The molecule has 3 rings (SSSR count). The minimum absolute atomic E-state index is 0.00287. The molecule has 3 aromatic heterocycles. The van der Waals surface area contributed by atoms with Gasteiger partial charge in [-0.15, -0.1) is 0 Å². The molecule has 0 saturated heterocycles. The molecule has 152 valence electrons. The van der Waals surface area contributed by atoms with Gasteiger partial charge in [-0.3, -0.25) is 4.98 Å². The maximum Gasteiger partial charge on any atom is 0.459 e. The smallest absolute Gasteiger partial charge is 0.324 e. The molecule has 0 aliphatic carbocycles. The van der Waals surface area contributed by atoms with Gasteiger partial charge in [0.25, 0.3) is 0 Å². The Morgan fingerprint density at radius 2 is 1.75 bits per heavy atom. The van der Waals surface area contributed by atoms with E-state index in [-0.39, 0.29) is 33.3 Å². The van der Waals surface area contributed by atoms with Gasteiger partial charge < -0.3 is 9.13 Å². The molecule has 28 heavy (non-hydrogen) atoms. The fourth-order valence-electron chi connectivity index (χ4n) is 2.69. The van der Waals surface area contributed by atoms with Gasteiger partial charge in [0, 0.05) is 14.1 Å². The molecule has 0 unspecified atom stereocenters. The van der Waals surface area contributed by atoms with E-state index in [0.29, 0.717) is 6.07 Å². The van der Waals surface area contributed by atoms with E-state index in [4.69, 9.17) is 0 Å². The van der Waals surface area contributed by atoms with Gasteiger partial charge in [-0.2, -0.15) is 22.0 Å². The lowest BCUT2D eigenvalue weighted by atomic mass is 10.2. The van der Waals surface area contributed by atoms with E-state index in [1.54, 1.807) is 0 Å². The number of aryl methyl sites for hydroxylation is 2. The van der Waals surface area contributed by atoms with Crippen molar-refractivity contribution in [2.75, 3.05) is 5.75 Å². The summed E-state index contributed by atoms with van der Waals surface area (Å²) in [7, 11) is -0.794. The van der Waals surface area contributed by atoms with Crippen molar-refractivity contribution in [3.8, 4) is 11.5 Å². The molecule has 0 bridgehead atoms. The van der Waals surface area contributed by atoms with Crippen molar-refractivity contribution in [1.82, 2.24) is 24.1 Å². The molecular weight excluding hydrogens is 409 g/mol. The van der Waals surface area contributed by atoms with Gasteiger partial charge in [-0.25, -0.2) is 18.4 Å². The number of nitrogens with zero attached hydrogens (tertiary/aromatic N) is 5. The fraction of sp³-hybridized carbons (Fsp3) is 0.400. The second kappa shape index (κ2) is 6.22. The summed E-state index contributed by atoms with van der Waals surface area (Å²) in [5.41, 5.74) is -1.59. The number of aromatic nitrogens is 5. The minimum atomic E-state index is -5.81. The van der Waals surface area contributed by atoms with Crippen LogP contribution in [0.1, 0.15) is 12.6 Å². The van der Waals surface area contributed by atoms with Crippen LogP contribution >= 0.6 is 0 Å². The lowest BCUT2D eigenvalue weighted by Crippen LogP contribution is -2.34. The number of hydrogen-bond donors (Lipinski definition) is 0. The first-order chi connectivity index (χ1) is 12.8. The molecule has 0 aromatic carbocycles. The number of alkyl halides is 5. The summed E-state index contributed by atoms with van der Waals surface area (Å²) in [6.07, 6.45) is -3.73. The topological polar surface area (TPSA) is 82.7 Å². The normalized spacial score (nSPS) is 13.4. The Bertz CT molecular complexity index is 1160. The third kappa shape index (κ3) is 2.93. The van der Waals surface area contributed by atoms with Gasteiger partial charge >= 0.3 is 12.1 Å². The SMILES string of the molecule is CCS(=O)(=O)c1c(-c2nc3cc(C(F)(F)C(F)(F)F)ncc3n2C)ncn1C. The summed E-state index contributed by atoms with van der Waals surface area (Å²) in [4.78, 5) is 11.3. The highest BCUT2D eigenvalue weighted by Gasteiger charge is 2.60. The lowest BCUT2D eigenvalue weighted by Gasteiger charge is -2.18. The second-order valence-electron chi connectivity index (χ2n) is 6.04. The van der Waals surface area contributed by atoms with Gasteiger partial charge in [0.15, 0.2) is 20.7 Å². The molecule has 13 heteroatoms. The van der Waals surface area contributed by atoms with Crippen LogP contribution in [-0.4, -0.2) is 44.4 Å². The molecule has 3 heterocycles. The lowest BCUT2D eigenvalue weighted by molar-refractivity contribution is -0.290. The summed E-state index contributed by atoms with van der Waals surface area (Å²) >= 11 is 0. The zero-order chi connectivity index (χ0) is 21.1. The minimum Gasteiger partial charge on any atom is -0.324 e. The second-order valence-corrected chi connectivity index (χ2v) is 8.23. The van der Waals surface area contributed by atoms with Crippen LogP contribution in [0.25, 0.3) is 22.6 Å². The Labute approximate surface area is 155 Å². The Hall–Kier alpha value is -2.57. The highest BCUT2D eigenvalue weighted by atomic mass is 32.2. The molecule has 0 aliphatic heterocycles. The first-order valence-electron chi connectivity index (χ1n) is 7.83. The molecule has 7 nitrogen and oxygen atoms in total. The van der Waals surface area contributed by atoms with Gasteiger partial charge in [-0.1, -0.05) is 6.92 Å². The monoisotopic (exact) mass is 423 g/mol. The van der Waals surface area contributed by atoms with Crippen LogP contribution in [0.3, 0.4) is 0 Å². The summed E-state index contributed by atoms with van der Waals surface area (Å²) < 4.78 is 92.3. The third-order valence-electron chi connectivity index (χ3n) is 4.21. The highest BCUT2D eigenvalue weighted by Crippen LogP contribution is 2.43. The van der Waals surface area contributed by atoms with Crippen LogP contribution < -0.4 is 0 Å². The maximum atomic E-state index is 13.6. The van der Waals surface area contributed by atoms with Crippen molar-refractivity contribution in [2.24, 2.45) is 14.1 Å². The number of imidazole rings is 2. The van der Waals surface area contributed by atoms with E-state index in [1.807, 2.05) is 0 Å². The summed E-state index contributed by atoms with van der Waals surface area (Å²) in [6, 6.07) is 0.531. The quantitative estimate of drug-likeness (QED) is 0.603. The van der Waals surface area contributed by atoms with Gasteiger partial charge in [0.1, 0.15) is 11.4 Å². The average molecular weight is 423 g/mol. The molecule has 0 amide bonds. The van der Waals surface area contributed by atoms with Gasteiger partial charge in [-0.05, 0) is 6.07 Å². The van der Waals surface area contributed by atoms with E-state index in [2.05, 4.69) is 15.0 Å². The Morgan fingerprint density at radius 1 is 1.11 bits per heavy atom. The van der Waals surface area contributed by atoms with Crippen LogP contribution in [0.4, 0.5) is 22.0 Å². The van der Waals surface area contributed by atoms with E-state index in [0.717, 1.165) is 6.20 Å². The Balaban J connectivity index is 2.23. The Morgan fingerprint density at radius 3 is 2.32 bits per heavy atom. The largest absolute Gasteiger partial charge is 0.459 e. The van der Waals surface area contributed by atoms with E-state index in [1.165, 1.54) is 36.5 Å². The molecular formula is C15H14F5N5O2S. The molecule has 0 saturated carbocycles. The van der Waals surface area contributed by atoms with Crippen LogP contribution in [-0.2, 0) is 29.9 Å².